The first-order valence-corrected chi connectivity index (χ1v) is 7.80. The van der Waals surface area contributed by atoms with Gasteiger partial charge in [-0.15, -0.1) is 0 Å². The number of likely N-dealkylation sites (N-methyl/N-ethyl adjacent to an activating group) is 1. The minimum atomic E-state index is 0.0772. The summed E-state index contributed by atoms with van der Waals surface area (Å²) in [6.45, 7) is 3.60. The Balaban J connectivity index is 1.97. The molecule has 1 N–H and O–H groups in total. The van der Waals surface area contributed by atoms with E-state index in [1.807, 2.05) is 37.1 Å². The molecule has 1 fully saturated rings. The fourth-order valence-corrected chi connectivity index (χ4v) is 2.67. The lowest BCUT2D eigenvalue weighted by Gasteiger charge is -2.21. The number of carbonyl (C=O) groups is 1. The number of carbonyl (C=O) groups excluding carboxylic acids is 1. The quantitative estimate of drug-likeness (QED) is 0.829. The van der Waals surface area contributed by atoms with Gasteiger partial charge < -0.3 is 15.0 Å². The Labute approximate surface area is 128 Å². The van der Waals surface area contributed by atoms with Crippen LogP contribution in [-0.2, 0) is 11.3 Å². The van der Waals surface area contributed by atoms with Crippen molar-refractivity contribution >= 4 is 21.8 Å². The van der Waals surface area contributed by atoms with Gasteiger partial charge in [-0.1, -0.05) is 15.9 Å². The van der Waals surface area contributed by atoms with Crippen LogP contribution in [0.3, 0.4) is 0 Å². The van der Waals surface area contributed by atoms with Gasteiger partial charge in [0.15, 0.2) is 6.61 Å². The van der Waals surface area contributed by atoms with Crippen molar-refractivity contribution in [3.8, 4) is 5.75 Å². The molecule has 0 aromatic heterocycles. The van der Waals surface area contributed by atoms with E-state index in [1.165, 1.54) is 0 Å². The van der Waals surface area contributed by atoms with E-state index < -0.39 is 0 Å². The van der Waals surface area contributed by atoms with Crippen molar-refractivity contribution in [1.29, 1.82) is 0 Å². The second-order valence-electron chi connectivity index (χ2n) is 4.98. The zero-order valence-corrected chi connectivity index (χ0v) is 13.6. The van der Waals surface area contributed by atoms with E-state index in [-0.39, 0.29) is 12.5 Å². The summed E-state index contributed by atoms with van der Waals surface area (Å²) in [4.78, 5) is 14.1. The van der Waals surface area contributed by atoms with Crippen molar-refractivity contribution in [2.75, 3.05) is 20.2 Å². The molecule has 1 saturated carbocycles. The Hall–Kier alpha value is -1.07. The van der Waals surface area contributed by atoms with Crippen LogP contribution in [0.4, 0.5) is 0 Å². The van der Waals surface area contributed by atoms with E-state index >= 15 is 0 Å². The van der Waals surface area contributed by atoms with Crippen LogP contribution in [0.2, 0.25) is 0 Å². The first-order chi connectivity index (χ1) is 9.65. The molecular weight excluding hydrogens is 320 g/mol. The number of nitrogens with one attached hydrogen (secondary N) is 1. The number of benzene rings is 1. The molecule has 20 heavy (non-hydrogen) atoms. The summed E-state index contributed by atoms with van der Waals surface area (Å²) in [7, 11) is 1.89. The average Bonchev–Trinajstić information content (AvgIpc) is 3.24. The van der Waals surface area contributed by atoms with Crippen molar-refractivity contribution in [3.63, 3.8) is 0 Å². The largest absolute Gasteiger partial charge is 0.483 e. The van der Waals surface area contributed by atoms with Crippen molar-refractivity contribution in [1.82, 2.24) is 10.2 Å². The molecule has 1 aromatic rings. The highest BCUT2D eigenvalue weighted by molar-refractivity contribution is 9.10. The summed E-state index contributed by atoms with van der Waals surface area (Å²) in [6.07, 6.45) is 2.26. The van der Waals surface area contributed by atoms with Crippen LogP contribution in [0.25, 0.3) is 0 Å². The smallest absolute Gasteiger partial charge is 0.260 e. The Bertz CT molecular complexity index is 475. The first kappa shape index (κ1) is 15.3. The standard InChI is InChI=1S/C15H21BrN2O2/c1-3-18(13-5-6-13)15(19)10-20-14-7-4-12(16)8-11(14)9-17-2/h4,7-8,13,17H,3,5-6,9-10H2,1-2H3. The second-order valence-corrected chi connectivity index (χ2v) is 5.90. The van der Waals surface area contributed by atoms with Crippen molar-refractivity contribution in [2.24, 2.45) is 0 Å². The summed E-state index contributed by atoms with van der Waals surface area (Å²) < 4.78 is 6.72. The van der Waals surface area contributed by atoms with E-state index in [0.717, 1.165) is 35.2 Å². The number of rotatable bonds is 7. The third kappa shape index (κ3) is 3.96. The normalized spacial score (nSPS) is 14.2. The van der Waals surface area contributed by atoms with Crippen LogP contribution in [0.15, 0.2) is 22.7 Å². The highest BCUT2D eigenvalue weighted by Crippen LogP contribution is 2.27. The SMILES string of the molecule is CCN(C(=O)COc1ccc(Br)cc1CNC)C1CC1. The van der Waals surface area contributed by atoms with Gasteiger partial charge >= 0.3 is 0 Å². The average molecular weight is 341 g/mol. The maximum Gasteiger partial charge on any atom is 0.260 e. The zero-order valence-electron chi connectivity index (χ0n) is 12.0. The lowest BCUT2D eigenvalue weighted by Crippen LogP contribution is -2.36. The molecule has 0 atom stereocenters. The van der Waals surface area contributed by atoms with Crippen molar-refractivity contribution < 1.29 is 9.53 Å². The minimum Gasteiger partial charge on any atom is -0.483 e. The summed E-state index contributed by atoms with van der Waals surface area (Å²) in [5.74, 6) is 0.844. The summed E-state index contributed by atoms with van der Waals surface area (Å²) in [6, 6.07) is 6.28. The van der Waals surface area contributed by atoms with Crippen LogP contribution in [-0.4, -0.2) is 37.0 Å². The molecule has 0 aliphatic heterocycles. The fourth-order valence-electron chi connectivity index (χ4n) is 2.26. The number of nitrogens with zero attached hydrogens (tertiary/aromatic N) is 1. The van der Waals surface area contributed by atoms with Gasteiger partial charge in [0, 0.05) is 29.2 Å². The van der Waals surface area contributed by atoms with Crippen LogP contribution in [0.1, 0.15) is 25.3 Å². The molecule has 4 nitrogen and oxygen atoms in total. The maximum absolute atomic E-state index is 12.1. The minimum absolute atomic E-state index is 0.0772. The van der Waals surface area contributed by atoms with Crippen LogP contribution in [0, 0.1) is 0 Å². The molecular formula is C15H21BrN2O2. The van der Waals surface area contributed by atoms with Gasteiger partial charge in [-0.2, -0.15) is 0 Å². The number of halogens is 1. The van der Waals surface area contributed by atoms with Crippen molar-refractivity contribution in [2.45, 2.75) is 32.4 Å². The molecule has 1 amide bonds. The lowest BCUT2D eigenvalue weighted by atomic mass is 10.2. The molecule has 1 aliphatic rings. The topological polar surface area (TPSA) is 41.6 Å². The number of hydrogen-bond acceptors (Lipinski definition) is 3. The summed E-state index contributed by atoms with van der Waals surface area (Å²) in [5.41, 5.74) is 1.05. The van der Waals surface area contributed by atoms with E-state index in [2.05, 4.69) is 21.2 Å². The second kappa shape index (κ2) is 7.09. The lowest BCUT2D eigenvalue weighted by molar-refractivity contribution is -0.133. The Kier molecular flexibility index (Phi) is 5.43. The number of amides is 1. The highest BCUT2D eigenvalue weighted by atomic mass is 79.9. The van der Waals surface area contributed by atoms with Crippen LogP contribution in [0.5, 0.6) is 5.75 Å². The Morgan fingerprint density at radius 1 is 1.50 bits per heavy atom. The predicted molar refractivity (Wildman–Crippen MR) is 82.8 cm³/mol. The molecule has 5 heteroatoms. The molecule has 0 unspecified atom stereocenters. The molecule has 0 heterocycles. The summed E-state index contributed by atoms with van der Waals surface area (Å²) >= 11 is 3.45. The molecule has 1 aliphatic carbocycles. The van der Waals surface area contributed by atoms with Crippen molar-refractivity contribution in [3.05, 3.63) is 28.2 Å². The van der Waals surface area contributed by atoms with Gasteiger partial charge in [-0.3, -0.25) is 4.79 Å². The number of hydrogen-bond donors (Lipinski definition) is 1. The molecule has 0 radical (unpaired) electrons. The maximum atomic E-state index is 12.1. The van der Waals surface area contributed by atoms with Crippen LogP contribution < -0.4 is 10.1 Å². The van der Waals surface area contributed by atoms with E-state index in [4.69, 9.17) is 4.74 Å². The van der Waals surface area contributed by atoms with E-state index in [1.54, 1.807) is 0 Å². The van der Waals surface area contributed by atoms with Gasteiger partial charge in [0.25, 0.3) is 5.91 Å². The van der Waals surface area contributed by atoms with Gasteiger partial charge in [0.05, 0.1) is 0 Å². The third-order valence-electron chi connectivity index (χ3n) is 3.39. The van der Waals surface area contributed by atoms with Gasteiger partial charge in [-0.05, 0) is 45.0 Å². The molecule has 110 valence electrons. The predicted octanol–water partition coefficient (Wildman–Crippen LogP) is 2.56. The van der Waals surface area contributed by atoms with E-state index in [0.29, 0.717) is 12.6 Å². The number of ether oxygens (including phenoxy) is 1. The monoisotopic (exact) mass is 340 g/mol. The third-order valence-corrected chi connectivity index (χ3v) is 3.88. The molecule has 0 bridgehead atoms. The van der Waals surface area contributed by atoms with Gasteiger partial charge in [-0.25, -0.2) is 0 Å². The molecule has 1 aromatic carbocycles. The van der Waals surface area contributed by atoms with Crippen LogP contribution >= 0.6 is 15.9 Å². The van der Waals surface area contributed by atoms with E-state index in [9.17, 15) is 4.79 Å². The summed E-state index contributed by atoms with van der Waals surface area (Å²) in [5, 5.41) is 3.11. The molecule has 0 saturated heterocycles. The highest BCUT2D eigenvalue weighted by Gasteiger charge is 2.31. The fraction of sp³-hybridized carbons (Fsp3) is 0.533. The molecule has 2 rings (SSSR count). The molecule has 0 spiro atoms. The Morgan fingerprint density at radius 2 is 2.25 bits per heavy atom. The first-order valence-electron chi connectivity index (χ1n) is 7.01. The zero-order chi connectivity index (χ0) is 14.5. The van der Waals surface area contributed by atoms with Gasteiger partial charge in [0.1, 0.15) is 5.75 Å². The Morgan fingerprint density at radius 3 is 2.85 bits per heavy atom. The van der Waals surface area contributed by atoms with Gasteiger partial charge in [0.2, 0.25) is 0 Å².